The molecule has 3 rings (SSSR count). The Morgan fingerprint density at radius 3 is 2.33 bits per heavy atom. The zero-order chi connectivity index (χ0) is 19.4. The van der Waals surface area contributed by atoms with E-state index in [0.29, 0.717) is 16.6 Å². The summed E-state index contributed by atoms with van der Waals surface area (Å²) in [4.78, 5) is 37.0. The third-order valence-electron chi connectivity index (χ3n) is 4.71. The van der Waals surface area contributed by atoms with Crippen molar-refractivity contribution in [1.82, 2.24) is 15.1 Å². The summed E-state index contributed by atoms with van der Waals surface area (Å²) in [5.41, 5.74) is 1.29. The standard InChI is InChI=1S/C19H22N4O3S/c1-3-13(4-2)18-21-22-19(27-18)20-17(26)14-7-5-12(6-8-14)11-23-15(24)9-10-16(23)25/h5-8,13H,3-4,9-11H2,1-2H3,(H,20,22,26). The highest BCUT2D eigenvalue weighted by atomic mass is 32.1. The first-order chi connectivity index (χ1) is 13.0. The first-order valence-corrected chi connectivity index (χ1v) is 9.90. The third kappa shape index (κ3) is 4.39. The van der Waals surface area contributed by atoms with Gasteiger partial charge < -0.3 is 0 Å². The maximum atomic E-state index is 12.4. The monoisotopic (exact) mass is 386 g/mol. The fraction of sp³-hybridized carbons (Fsp3) is 0.421. The molecule has 7 nitrogen and oxygen atoms in total. The first-order valence-electron chi connectivity index (χ1n) is 9.08. The van der Waals surface area contributed by atoms with Crippen molar-refractivity contribution in [3.63, 3.8) is 0 Å². The molecule has 0 radical (unpaired) electrons. The number of carbonyl (C=O) groups excluding carboxylic acids is 3. The highest BCUT2D eigenvalue weighted by Crippen LogP contribution is 2.28. The Morgan fingerprint density at radius 1 is 1.11 bits per heavy atom. The van der Waals surface area contributed by atoms with Crippen LogP contribution >= 0.6 is 11.3 Å². The number of hydrogen-bond acceptors (Lipinski definition) is 6. The van der Waals surface area contributed by atoms with E-state index in [9.17, 15) is 14.4 Å². The zero-order valence-corrected chi connectivity index (χ0v) is 16.2. The first kappa shape index (κ1) is 19.2. The van der Waals surface area contributed by atoms with Gasteiger partial charge in [-0.05, 0) is 30.5 Å². The lowest BCUT2D eigenvalue weighted by atomic mass is 10.1. The molecular weight excluding hydrogens is 364 g/mol. The fourth-order valence-electron chi connectivity index (χ4n) is 3.00. The van der Waals surface area contributed by atoms with E-state index in [-0.39, 0.29) is 37.1 Å². The van der Waals surface area contributed by atoms with E-state index in [1.807, 2.05) is 0 Å². The van der Waals surface area contributed by atoms with Crippen molar-refractivity contribution < 1.29 is 14.4 Å². The lowest BCUT2D eigenvalue weighted by Crippen LogP contribution is -2.28. The summed E-state index contributed by atoms with van der Waals surface area (Å²) in [6, 6.07) is 6.87. The van der Waals surface area contributed by atoms with Crippen LogP contribution in [-0.4, -0.2) is 32.8 Å². The van der Waals surface area contributed by atoms with E-state index in [4.69, 9.17) is 0 Å². The second-order valence-corrected chi connectivity index (χ2v) is 7.49. The van der Waals surface area contributed by atoms with E-state index in [2.05, 4.69) is 29.4 Å². The molecule has 142 valence electrons. The van der Waals surface area contributed by atoms with Crippen LogP contribution in [0.25, 0.3) is 0 Å². The minimum atomic E-state index is -0.262. The molecule has 0 aliphatic carbocycles. The maximum absolute atomic E-state index is 12.4. The number of hydrogen-bond donors (Lipinski definition) is 1. The highest BCUT2D eigenvalue weighted by Gasteiger charge is 2.28. The van der Waals surface area contributed by atoms with Gasteiger partial charge in [0, 0.05) is 24.3 Å². The molecule has 1 aromatic carbocycles. The van der Waals surface area contributed by atoms with Crippen molar-refractivity contribution in [2.24, 2.45) is 0 Å². The summed E-state index contributed by atoms with van der Waals surface area (Å²) in [6.45, 7) is 4.46. The molecule has 0 spiro atoms. The molecule has 3 amide bonds. The summed E-state index contributed by atoms with van der Waals surface area (Å²) in [5, 5.41) is 12.4. The summed E-state index contributed by atoms with van der Waals surface area (Å²) in [7, 11) is 0. The van der Waals surface area contributed by atoms with Crippen molar-refractivity contribution in [2.75, 3.05) is 5.32 Å². The number of anilines is 1. The van der Waals surface area contributed by atoms with E-state index in [1.165, 1.54) is 16.2 Å². The predicted octanol–water partition coefficient (Wildman–Crippen LogP) is 3.34. The van der Waals surface area contributed by atoms with Gasteiger partial charge >= 0.3 is 0 Å². The van der Waals surface area contributed by atoms with Crippen LogP contribution in [-0.2, 0) is 16.1 Å². The maximum Gasteiger partial charge on any atom is 0.257 e. The second kappa shape index (κ2) is 8.39. The van der Waals surface area contributed by atoms with Gasteiger partial charge in [-0.2, -0.15) is 0 Å². The Labute approximate surface area is 161 Å². The SMILES string of the molecule is CCC(CC)c1nnc(NC(=O)c2ccc(CN3C(=O)CCC3=O)cc2)s1. The average molecular weight is 386 g/mol. The van der Waals surface area contributed by atoms with Crippen molar-refractivity contribution >= 4 is 34.2 Å². The lowest BCUT2D eigenvalue weighted by molar-refractivity contribution is -0.139. The molecule has 0 saturated carbocycles. The van der Waals surface area contributed by atoms with Gasteiger partial charge in [0.25, 0.3) is 5.91 Å². The van der Waals surface area contributed by atoms with Crippen molar-refractivity contribution in [3.8, 4) is 0 Å². The fourth-order valence-corrected chi connectivity index (χ4v) is 4.01. The molecule has 2 aromatic rings. The van der Waals surface area contributed by atoms with Crippen LogP contribution in [0.2, 0.25) is 0 Å². The molecule has 1 N–H and O–H groups in total. The summed E-state index contributed by atoms with van der Waals surface area (Å²) in [6.07, 6.45) is 2.53. The number of imide groups is 1. The number of carbonyl (C=O) groups is 3. The molecule has 1 aliphatic rings. The molecule has 1 aromatic heterocycles. The molecular formula is C19H22N4O3S. The van der Waals surface area contributed by atoms with Gasteiger partial charge in [0.1, 0.15) is 5.01 Å². The Morgan fingerprint density at radius 2 is 1.74 bits per heavy atom. The van der Waals surface area contributed by atoms with Crippen molar-refractivity contribution in [1.29, 1.82) is 0 Å². The van der Waals surface area contributed by atoms with Crippen LogP contribution < -0.4 is 5.32 Å². The number of likely N-dealkylation sites (tertiary alicyclic amines) is 1. The van der Waals surface area contributed by atoms with E-state index < -0.39 is 0 Å². The number of rotatable bonds is 7. The van der Waals surface area contributed by atoms with Crippen LogP contribution in [0.4, 0.5) is 5.13 Å². The number of amides is 3. The molecule has 0 atom stereocenters. The lowest BCUT2D eigenvalue weighted by Gasteiger charge is -2.13. The molecule has 1 aliphatic heterocycles. The van der Waals surface area contributed by atoms with Gasteiger partial charge in [0.2, 0.25) is 16.9 Å². The molecule has 0 unspecified atom stereocenters. The molecule has 2 heterocycles. The largest absolute Gasteiger partial charge is 0.296 e. The van der Waals surface area contributed by atoms with Gasteiger partial charge in [-0.1, -0.05) is 37.3 Å². The topological polar surface area (TPSA) is 92.3 Å². The smallest absolute Gasteiger partial charge is 0.257 e. The minimum absolute atomic E-state index is 0.147. The van der Waals surface area contributed by atoms with Crippen LogP contribution in [0.15, 0.2) is 24.3 Å². The molecule has 8 heteroatoms. The summed E-state index contributed by atoms with van der Waals surface area (Å²) < 4.78 is 0. The van der Waals surface area contributed by atoms with Crippen LogP contribution in [0.1, 0.15) is 66.4 Å². The highest BCUT2D eigenvalue weighted by molar-refractivity contribution is 7.15. The normalized spacial score (nSPS) is 14.3. The van der Waals surface area contributed by atoms with Crippen LogP contribution in [0.5, 0.6) is 0 Å². The van der Waals surface area contributed by atoms with Crippen LogP contribution in [0, 0.1) is 0 Å². The molecule has 27 heavy (non-hydrogen) atoms. The second-order valence-electron chi connectivity index (χ2n) is 6.48. The van der Waals surface area contributed by atoms with Gasteiger partial charge in [0.15, 0.2) is 0 Å². The Bertz CT molecular complexity index is 827. The van der Waals surface area contributed by atoms with Crippen LogP contribution in [0.3, 0.4) is 0 Å². The van der Waals surface area contributed by atoms with Gasteiger partial charge in [-0.3, -0.25) is 24.6 Å². The predicted molar refractivity (Wildman–Crippen MR) is 102 cm³/mol. The van der Waals surface area contributed by atoms with Gasteiger partial charge in [0.05, 0.1) is 6.54 Å². The quantitative estimate of drug-likeness (QED) is 0.737. The molecule has 1 fully saturated rings. The Kier molecular flexibility index (Phi) is 5.95. The number of benzene rings is 1. The zero-order valence-electron chi connectivity index (χ0n) is 15.4. The summed E-state index contributed by atoms with van der Waals surface area (Å²) >= 11 is 1.40. The number of nitrogens with one attached hydrogen (secondary N) is 1. The number of nitrogens with zero attached hydrogens (tertiary/aromatic N) is 3. The number of aromatic nitrogens is 2. The summed E-state index contributed by atoms with van der Waals surface area (Å²) in [5.74, 6) is -0.191. The minimum Gasteiger partial charge on any atom is -0.296 e. The van der Waals surface area contributed by atoms with Gasteiger partial charge in [-0.25, -0.2) is 0 Å². The van der Waals surface area contributed by atoms with Gasteiger partial charge in [-0.15, -0.1) is 10.2 Å². The average Bonchev–Trinajstić information content (AvgIpc) is 3.25. The van der Waals surface area contributed by atoms with E-state index in [0.717, 1.165) is 23.4 Å². The molecule has 1 saturated heterocycles. The van der Waals surface area contributed by atoms with Crippen molar-refractivity contribution in [3.05, 3.63) is 40.4 Å². The van der Waals surface area contributed by atoms with Crippen molar-refractivity contribution in [2.45, 2.75) is 52.0 Å². The third-order valence-corrected chi connectivity index (χ3v) is 5.71. The Balaban J connectivity index is 1.62. The Hall–Kier alpha value is -2.61. The molecule has 0 bridgehead atoms. The van der Waals surface area contributed by atoms with E-state index in [1.54, 1.807) is 24.3 Å². The van der Waals surface area contributed by atoms with E-state index >= 15 is 0 Å².